The predicted octanol–water partition coefficient (Wildman–Crippen LogP) is 1.00. The third-order valence-corrected chi connectivity index (χ3v) is 2.08. The number of hydrogen-bond donors (Lipinski definition) is 1. The van der Waals surface area contributed by atoms with Crippen LogP contribution in [-0.4, -0.2) is 19.6 Å². The lowest BCUT2D eigenvalue weighted by atomic mass is 9.92. The lowest BCUT2D eigenvalue weighted by Crippen LogP contribution is -2.16. The van der Waals surface area contributed by atoms with Gasteiger partial charge in [0.2, 0.25) is 0 Å². The first-order valence-electron chi connectivity index (χ1n) is 4.45. The maximum atomic E-state index is 5.85. The quantitative estimate of drug-likeness (QED) is 0.674. The van der Waals surface area contributed by atoms with E-state index in [1.807, 2.05) is 4.40 Å². The smallest absolute Gasteiger partial charge is 0.161 e. The molecular weight excluding hydrogens is 178 g/mol. The van der Waals surface area contributed by atoms with Crippen LogP contribution in [-0.2, 0) is 5.41 Å². The summed E-state index contributed by atoms with van der Waals surface area (Å²) >= 11 is 0. The highest BCUT2D eigenvalue weighted by Gasteiger charge is 2.22. The van der Waals surface area contributed by atoms with E-state index in [1.165, 1.54) is 0 Å². The van der Waals surface area contributed by atoms with Gasteiger partial charge in [0.1, 0.15) is 12.1 Å². The van der Waals surface area contributed by atoms with Crippen LogP contribution in [0.5, 0.6) is 0 Å². The molecule has 0 fully saturated rings. The summed E-state index contributed by atoms with van der Waals surface area (Å²) in [6.45, 7) is 6.27. The van der Waals surface area contributed by atoms with Crippen molar-refractivity contribution in [2.45, 2.75) is 26.2 Å². The Balaban J connectivity index is 2.81. The number of hydrogen-bond acceptors (Lipinski definition) is 4. The molecular formula is C9H13N5. The molecule has 74 valence electrons. The number of fused-ring (bicyclic) bond motifs is 1. The molecule has 0 aliphatic carbocycles. The second-order valence-corrected chi connectivity index (χ2v) is 4.30. The van der Waals surface area contributed by atoms with Gasteiger partial charge in [-0.05, 0) is 0 Å². The first-order chi connectivity index (χ1) is 6.50. The van der Waals surface area contributed by atoms with Gasteiger partial charge >= 0.3 is 0 Å². The van der Waals surface area contributed by atoms with Gasteiger partial charge in [-0.3, -0.25) is 4.40 Å². The third kappa shape index (κ3) is 1.21. The van der Waals surface area contributed by atoms with E-state index >= 15 is 0 Å². The molecule has 2 aromatic heterocycles. The van der Waals surface area contributed by atoms with Crippen molar-refractivity contribution in [3.05, 3.63) is 18.2 Å². The summed E-state index contributed by atoms with van der Waals surface area (Å²) in [5.74, 6) is 0.548. The van der Waals surface area contributed by atoms with E-state index in [1.54, 1.807) is 12.5 Å². The maximum absolute atomic E-state index is 5.85. The lowest BCUT2D eigenvalue weighted by Gasteiger charge is -2.18. The standard InChI is InChI=1S/C9H13N5/c1-9(2,3)7-8(10)13-6-4-11-12-5-14(6)7/h4-5H,10H2,1-3H3. The molecule has 14 heavy (non-hydrogen) atoms. The van der Waals surface area contributed by atoms with Gasteiger partial charge in [-0.2, -0.15) is 5.10 Å². The van der Waals surface area contributed by atoms with Crippen LogP contribution >= 0.6 is 0 Å². The molecule has 2 rings (SSSR count). The minimum Gasteiger partial charge on any atom is -0.382 e. The van der Waals surface area contributed by atoms with Crippen molar-refractivity contribution in [3.63, 3.8) is 0 Å². The molecule has 0 radical (unpaired) electrons. The Bertz CT molecular complexity index is 465. The zero-order valence-electron chi connectivity index (χ0n) is 8.52. The van der Waals surface area contributed by atoms with Crippen LogP contribution in [0.3, 0.4) is 0 Å². The van der Waals surface area contributed by atoms with Crippen molar-refractivity contribution >= 4 is 11.5 Å². The molecule has 0 atom stereocenters. The highest BCUT2D eigenvalue weighted by Crippen LogP contribution is 2.27. The molecule has 0 saturated heterocycles. The summed E-state index contributed by atoms with van der Waals surface area (Å²) in [4.78, 5) is 4.22. The van der Waals surface area contributed by atoms with E-state index in [-0.39, 0.29) is 5.41 Å². The van der Waals surface area contributed by atoms with Crippen LogP contribution < -0.4 is 5.73 Å². The van der Waals surface area contributed by atoms with Crippen LogP contribution in [0.2, 0.25) is 0 Å². The van der Waals surface area contributed by atoms with Crippen molar-refractivity contribution in [2.24, 2.45) is 0 Å². The molecule has 0 saturated carbocycles. The highest BCUT2D eigenvalue weighted by atomic mass is 15.2. The van der Waals surface area contributed by atoms with E-state index in [0.29, 0.717) is 5.82 Å². The summed E-state index contributed by atoms with van der Waals surface area (Å²) in [6, 6.07) is 0. The molecule has 2 N–H and O–H groups in total. The van der Waals surface area contributed by atoms with Gasteiger partial charge in [-0.25, -0.2) is 4.98 Å². The predicted molar refractivity (Wildman–Crippen MR) is 53.9 cm³/mol. The Morgan fingerprint density at radius 2 is 2.00 bits per heavy atom. The van der Waals surface area contributed by atoms with Crippen molar-refractivity contribution < 1.29 is 0 Å². The molecule has 5 nitrogen and oxygen atoms in total. The SMILES string of the molecule is CC(C)(C)c1c(N)nc2cnncn12. The van der Waals surface area contributed by atoms with Crippen molar-refractivity contribution in [2.75, 3.05) is 5.73 Å². The summed E-state index contributed by atoms with van der Waals surface area (Å²) < 4.78 is 1.88. The van der Waals surface area contributed by atoms with E-state index < -0.39 is 0 Å². The first-order valence-corrected chi connectivity index (χ1v) is 4.45. The van der Waals surface area contributed by atoms with E-state index in [0.717, 1.165) is 11.3 Å². The Morgan fingerprint density at radius 3 is 2.64 bits per heavy atom. The van der Waals surface area contributed by atoms with Gasteiger partial charge in [0.05, 0.1) is 11.9 Å². The van der Waals surface area contributed by atoms with Gasteiger partial charge in [-0.15, -0.1) is 5.10 Å². The molecule has 0 spiro atoms. The number of nitrogen functional groups attached to an aromatic ring is 1. The largest absolute Gasteiger partial charge is 0.382 e. The summed E-state index contributed by atoms with van der Waals surface area (Å²) in [6.07, 6.45) is 3.24. The normalized spacial score (nSPS) is 12.2. The van der Waals surface area contributed by atoms with E-state index in [4.69, 9.17) is 5.73 Å². The Labute approximate surface area is 82.0 Å². The Morgan fingerprint density at radius 1 is 1.29 bits per heavy atom. The molecule has 0 amide bonds. The molecule has 0 aliphatic heterocycles. The van der Waals surface area contributed by atoms with Crippen LogP contribution in [0.1, 0.15) is 26.5 Å². The summed E-state index contributed by atoms with van der Waals surface area (Å²) in [5, 5.41) is 7.58. The van der Waals surface area contributed by atoms with Crippen LogP contribution in [0, 0.1) is 0 Å². The fourth-order valence-corrected chi connectivity index (χ4v) is 1.59. The highest BCUT2D eigenvalue weighted by molar-refractivity contribution is 5.52. The molecule has 0 aromatic carbocycles. The van der Waals surface area contributed by atoms with Gasteiger partial charge in [0.15, 0.2) is 5.65 Å². The molecule has 5 heteroatoms. The minimum absolute atomic E-state index is 0.0491. The molecule has 2 aromatic rings. The molecule has 2 heterocycles. The Kier molecular flexibility index (Phi) is 1.70. The third-order valence-electron chi connectivity index (χ3n) is 2.08. The molecule has 0 unspecified atom stereocenters. The van der Waals surface area contributed by atoms with Crippen molar-refractivity contribution in [1.29, 1.82) is 0 Å². The fraction of sp³-hybridized carbons (Fsp3) is 0.444. The number of anilines is 1. The van der Waals surface area contributed by atoms with Gasteiger partial charge in [-0.1, -0.05) is 20.8 Å². The number of nitrogens with two attached hydrogens (primary N) is 1. The van der Waals surface area contributed by atoms with Crippen molar-refractivity contribution in [1.82, 2.24) is 19.6 Å². The van der Waals surface area contributed by atoms with E-state index in [2.05, 4.69) is 36.0 Å². The average molecular weight is 191 g/mol. The van der Waals surface area contributed by atoms with Crippen LogP contribution in [0.4, 0.5) is 5.82 Å². The van der Waals surface area contributed by atoms with Gasteiger partial charge in [0.25, 0.3) is 0 Å². The first kappa shape index (κ1) is 8.93. The lowest BCUT2D eigenvalue weighted by molar-refractivity contribution is 0.563. The molecule has 0 bridgehead atoms. The molecule has 0 aliphatic rings. The maximum Gasteiger partial charge on any atom is 0.161 e. The summed E-state index contributed by atoms with van der Waals surface area (Å²) in [5.41, 5.74) is 7.52. The van der Waals surface area contributed by atoms with E-state index in [9.17, 15) is 0 Å². The van der Waals surface area contributed by atoms with Gasteiger partial charge in [0, 0.05) is 5.41 Å². The second kappa shape index (κ2) is 2.67. The summed E-state index contributed by atoms with van der Waals surface area (Å²) in [7, 11) is 0. The van der Waals surface area contributed by atoms with Crippen LogP contribution in [0.25, 0.3) is 5.65 Å². The Hall–Kier alpha value is -1.65. The minimum atomic E-state index is -0.0491. The number of imidazole rings is 1. The number of nitrogens with zero attached hydrogens (tertiary/aromatic N) is 4. The van der Waals surface area contributed by atoms with Crippen LogP contribution in [0.15, 0.2) is 12.5 Å². The topological polar surface area (TPSA) is 69.1 Å². The zero-order valence-corrected chi connectivity index (χ0v) is 8.52. The monoisotopic (exact) mass is 191 g/mol. The fourth-order valence-electron chi connectivity index (χ4n) is 1.59. The number of aromatic nitrogens is 4. The van der Waals surface area contributed by atoms with Crippen molar-refractivity contribution in [3.8, 4) is 0 Å². The number of rotatable bonds is 0. The average Bonchev–Trinajstić information content (AvgIpc) is 2.38. The zero-order chi connectivity index (χ0) is 10.3. The second-order valence-electron chi connectivity index (χ2n) is 4.30. The van der Waals surface area contributed by atoms with Gasteiger partial charge < -0.3 is 5.73 Å².